The Kier molecular flexibility index (Phi) is 4.43. The maximum Gasteiger partial charge on any atom is 0.446 e. The van der Waals surface area contributed by atoms with E-state index in [1.807, 2.05) is 0 Å². The van der Waals surface area contributed by atoms with E-state index in [0.717, 1.165) is 5.56 Å². The highest BCUT2D eigenvalue weighted by Crippen LogP contribution is 2.36. The van der Waals surface area contributed by atoms with Gasteiger partial charge in [0.1, 0.15) is 0 Å². The van der Waals surface area contributed by atoms with Crippen LogP contribution in [0.25, 0.3) is 0 Å². The van der Waals surface area contributed by atoms with Crippen molar-refractivity contribution in [3.63, 3.8) is 0 Å². The zero-order chi connectivity index (χ0) is 13.7. The van der Waals surface area contributed by atoms with Crippen LogP contribution in [0.5, 0.6) is 0 Å². The predicted molar refractivity (Wildman–Crippen MR) is 63.2 cm³/mol. The molecule has 0 saturated carbocycles. The summed E-state index contributed by atoms with van der Waals surface area (Å²) in [6.07, 6.45) is 1.24. The summed E-state index contributed by atoms with van der Waals surface area (Å²) in [5.74, 6) is 0.532. The van der Waals surface area contributed by atoms with Crippen LogP contribution in [0.15, 0.2) is 40.1 Å². The Bertz CT molecular complexity index is 499. The molecule has 4 nitrogen and oxygen atoms in total. The first-order valence-electron chi connectivity index (χ1n) is 5.33. The van der Waals surface area contributed by atoms with E-state index in [0.29, 0.717) is 18.9 Å². The molecule has 2 aromatic rings. The minimum absolute atomic E-state index is 0.121. The number of nitrogens with one attached hydrogen (secondary N) is 1. The molecule has 2 rings (SSSR count). The summed E-state index contributed by atoms with van der Waals surface area (Å²) in [5.41, 5.74) is -3.37. The minimum Gasteiger partial charge on any atom is -0.343 e. The van der Waals surface area contributed by atoms with E-state index in [1.165, 1.54) is 18.5 Å². The van der Waals surface area contributed by atoms with Gasteiger partial charge in [-0.3, -0.25) is 0 Å². The fourth-order valence-electron chi connectivity index (χ4n) is 1.40. The van der Waals surface area contributed by atoms with Crippen molar-refractivity contribution in [2.45, 2.75) is 23.5 Å². The van der Waals surface area contributed by atoms with E-state index >= 15 is 0 Å². The Balaban J connectivity index is 1.81. The highest BCUT2D eigenvalue weighted by molar-refractivity contribution is 8.00. The second-order valence-electron chi connectivity index (χ2n) is 3.64. The van der Waals surface area contributed by atoms with Crippen LogP contribution in [0, 0.1) is 0 Å². The molecule has 8 heteroatoms. The smallest absolute Gasteiger partial charge is 0.343 e. The number of aromatic nitrogens is 2. The molecule has 1 aromatic heterocycles. The van der Waals surface area contributed by atoms with E-state index in [1.54, 1.807) is 12.1 Å². The first-order valence-corrected chi connectivity index (χ1v) is 6.15. The summed E-state index contributed by atoms with van der Waals surface area (Å²) in [4.78, 5) is 4.01. The normalized spacial score (nSPS) is 11.7. The van der Waals surface area contributed by atoms with Crippen LogP contribution in [0.1, 0.15) is 11.4 Å². The number of thioether (sulfide) groups is 1. The minimum atomic E-state index is -4.25. The third kappa shape index (κ3) is 4.92. The van der Waals surface area contributed by atoms with Crippen LogP contribution in [0.4, 0.5) is 13.2 Å². The lowest BCUT2D eigenvalue weighted by molar-refractivity contribution is -0.0328. The quantitative estimate of drug-likeness (QED) is 0.858. The van der Waals surface area contributed by atoms with E-state index in [-0.39, 0.29) is 16.7 Å². The highest BCUT2D eigenvalue weighted by Gasteiger charge is 2.28. The predicted octanol–water partition coefficient (Wildman–Crippen LogP) is 2.97. The summed E-state index contributed by atoms with van der Waals surface area (Å²) in [6, 6.07) is 6.20. The molecule has 0 aliphatic carbocycles. The second-order valence-corrected chi connectivity index (χ2v) is 4.78. The molecule has 0 radical (unpaired) electrons. The molecule has 0 atom stereocenters. The number of benzene rings is 1. The van der Waals surface area contributed by atoms with Crippen LogP contribution in [-0.2, 0) is 13.1 Å². The van der Waals surface area contributed by atoms with E-state index < -0.39 is 5.51 Å². The maximum absolute atomic E-state index is 12.1. The standard InChI is InChI=1S/C11H10F3N3OS/c12-11(13,14)19-9-3-1-8(2-4-9)5-15-6-10-16-7-18-17-10/h1-4,7,15H,5-6H2. The molecular weight excluding hydrogens is 279 g/mol. The Hall–Kier alpha value is -1.54. The fourth-order valence-corrected chi connectivity index (χ4v) is 1.94. The van der Waals surface area contributed by atoms with Gasteiger partial charge in [-0.25, -0.2) is 0 Å². The molecule has 1 aromatic carbocycles. The van der Waals surface area contributed by atoms with Gasteiger partial charge in [-0.2, -0.15) is 18.2 Å². The maximum atomic E-state index is 12.1. The lowest BCUT2D eigenvalue weighted by atomic mass is 10.2. The number of halogens is 3. The van der Waals surface area contributed by atoms with Gasteiger partial charge in [-0.05, 0) is 29.5 Å². The Morgan fingerprint density at radius 1 is 1.16 bits per heavy atom. The van der Waals surface area contributed by atoms with Crippen LogP contribution < -0.4 is 5.32 Å². The Morgan fingerprint density at radius 2 is 1.89 bits per heavy atom. The van der Waals surface area contributed by atoms with Crippen LogP contribution >= 0.6 is 11.8 Å². The van der Waals surface area contributed by atoms with Crippen molar-refractivity contribution < 1.29 is 17.7 Å². The van der Waals surface area contributed by atoms with Gasteiger partial charge >= 0.3 is 5.51 Å². The van der Waals surface area contributed by atoms with Gasteiger partial charge in [0.15, 0.2) is 5.82 Å². The summed E-state index contributed by atoms with van der Waals surface area (Å²) < 4.78 is 41.0. The summed E-state index contributed by atoms with van der Waals surface area (Å²) in [7, 11) is 0. The zero-order valence-corrected chi connectivity index (χ0v) is 10.5. The second kappa shape index (κ2) is 6.07. The third-order valence-corrected chi connectivity index (χ3v) is 2.92. The Morgan fingerprint density at radius 3 is 2.47 bits per heavy atom. The van der Waals surface area contributed by atoms with Crippen LogP contribution in [0.3, 0.4) is 0 Å². The fraction of sp³-hybridized carbons (Fsp3) is 0.273. The first-order chi connectivity index (χ1) is 9.03. The van der Waals surface area contributed by atoms with Crippen molar-refractivity contribution in [1.82, 2.24) is 15.5 Å². The molecule has 0 fully saturated rings. The summed E-state index contributed by atoms with van der Waals surface area (Å²) in [6.45, 7) is 0.959. The van der Waals surface area contributed by atoms with Gasteiger partial charge < -0.3 is 9.84 Å². The van der Waals surface area contributed by atoms with Crippen molar-refractivity contribution in [1.29, 1.82) is 0 Å². The Labute approximate surface area is 111 Å². The number of hydrogen-bond donors (Lipinski definition) is 1. The molecule has 0 aliphatic rings. The molecular formula is C11H10F3N3OS. The SMILES string of the molecule is FC(F)(F)Sc1ccc(CNCc2ncon2)cc1. The lowest BCUT2D eigenvalue weighted by Gasteiger charge is -2.07. The molecule has 0 saturated heterocycles. The third-order valence-electron chi connectivity index (χ3n) is 2.18. The zero-order valence-electron chi connectivity index (χ0n) is 9.65. The number of hydrogen-bond acceptors (Lipinski definition) is 5. The number of alkyl halides is 3. The molecule has 102 valence electrons. The van der Waals surface area contributed by atoms with Crippen LogP contribution in [-0.4, -0.2) is 15.6 Å². The molecule has 0 aliphatic heterocycles. The summed E-state index contributed by atoms with van der Waals surface area (Å²) in [5, 5.41) is 6.68. The number of rotatable bonds is 5. The monoisotopic (exact) mass is 289 g/mol. The number of nitrogens with zero attached hydrogens (tertiary/aromatic N) is 2. The van der Waals surface area contributed by atoms with E-state index in [4.69, 9.17) is 0 Å². The van der Waals surface area contributed by atoms with Crippen molar-refractivity contribution in [2.24, 2.45) is 0 Å². The van der Waals surface area contributed by atoms with Gasteiger partial charge in [0.25, 0.3) is 0 Å². The van der Waals surface area contributed by atoms with Crippen molar-refractivity contribution in [3.8, 4) is 0 Å². The van der Waals surface area contributed by atoms with Crippen molar-refractivity contribution in [3.05, 3.63) is 42.0 Å². The molecule has 0 amide bonds. The molecule has 1 N–H and O–H groups in total. The first kappa shape index (κ1) is 13.9. The molecule has 0 bridgehead atoms. The molecule has 0 spiro atoms. The lowest BCUT2D eigenvalue weighted by Crippen LogP contribution is -2.13. The van der Waals surface area contributed by atoms with Gasteiger partial charge in [0.05, 0.1) is 6.54 Å². The van der Waals surface area contributed by atoms with E-state index in [9.17, 15) is 13.2 Å². The molecule has 0 unspecified atom stereocenters. The average Bonchev–Trinajstić information content (AvgIpc) is 2.82. The summed E-state index contributed by atoms with van der Waals surface area (Å²) >= 11 is -0.121. The van der Waals surface area contributed by atoms with Gasteiger partial charge in [-0.15, -0.1) is 0 Å². The van der Waals surface area contributed by atoms with Gasteiger partial charge in [-0.1, -0.05) is 17.3 Å². The molecule has 1 heterocycles. The van der Waals surface area contributed by atoms with E-state index in [2.05, 4.69) is 20.0 Å². The van der Waals surface area contributed by atoms with Gasteiger partial charge in [0, 0.05) is 11.4 Å². The molecule has 19 heavy (non-hydrogen) atoms. The van der Waals surface area contributed by atoms with Crippen molar-refractivity contribution in [2.75, 3.05) is 0 Å². The largest absolute Gasteiger partial charge is 0.446 e. The highest BCUT2D eigenvalue weighted by atomic mass is 32.2. The van der Waals surface area contributed by atoms with Crippen LogP contribution in [0.2, 0.25) is 0 Å². The van der Waals surface area contributed by atoms with Gasteiger partial charge in [0.2, 0.25) is 6.39 Å². The topological polar surface area (TPSA) is 51.0 Å². The average molecular weight is 289 g/mol. The van der Waals surface area contributed by atoms with Crippen molar-refractivity contribution >= 4 is 11.8 Å².